The zero-order valence-corrected chi connectivity index (χ0v) is 16.7. The second-order valence-electron chi connectivity index (χ2n) is 7.55. The number of nitrogens with zero attached hydrogens (tertiary/aromatic N) is 1. The van der Waals surface area contributed by atoms with Crippen molar-refractivity contribution in [3.8, 4) is 0 Å². The molecule has 0 saturated carbocycles. The van der Waals surface area contributed by atoms with Crippen LogP contribution in [0.5, 0.6) is 0 Å². The third-order valence-corrected chi connectivity index (χ3v) is 5.34. The Balaban J connectivity index is 1.59. The molecule has 2 atom stereocenters. The van der Waals surface area contributed by atoms with Gasteiger partial charge in [0.05, 0.1) is 12.7 Å². The predicted molar refractivity (Wildman–Crippen MR) is 113 cm³/mol. The molecule has 0 bridgehead atoms. The molecule has 0 radical (unpaired) electrons. The summed E-state index contributed by atoms with van der Waals surface area (Å²) in [5, 5.41) is 5.91. The Bertz CT molecular complexity index is 826. The summed E-state index contributed by atoms with van der Waals surface area (Å²) in [7, 11) is 0. The fourth-order valence-corrected chi connectivity index (χ4v) is 3.68. The van der Waals surface area contributed by atoms with Crippen LogP contribution in [0.2, 0.25) is 0 Å². The van der Waals surface area contributed by atoms with Crippen molar-refractivity contribution >= 4 is 17.6 Å². The van der Waals surface area contributed by atoms with Crippen molar-refractivity contribution in [3.63, 3.8) is 0 Å². The van der Waals surface area contributed by atoms with E-state index in [-0.39, 0.29) is 30.6 Å². The molecule has 1 aliphatic rings. The molecule has 0 aliphatic carbocycles. The molecule has 0 aromatic heterocycles. The van der Waals surface area contributed by atoms with Gasteiger partial charge in [-0.15, -0.1) is 0 Å². The minimum Gasteiger partial charge on any atom is -0.331 e. The Morgan fingerprint density at radius 3 is 2.72 bits per heavy atom. The van der Waals surface area contributed by atoms with Crippen LogP contribution in [0.4, 0.5) is 14.9 Å². The van der Waals surface area contributed by atoms with Crippen LogP contribution in [0.1, 0.15) is 48.1 Å². The number of benzene rings is 2. The van der Waals surface area contributed by atoms with Crippen molar-refractivity contribution in [2.75, 3.05) is 25.1 Å². The zero-order chi connectivity index (χ0) is 20.6. The first-order valence-corrected chi connectivity index (χ1v) is 10.1. The summed E-state index contributed by atoms with van der Waals surface area (Å²) in [6, 6.07) is 16.2. The number of hydrogen-bond donors (Lipinski definition) is 2. The van der Waals surface area contributed by atoms with Gasteiger partial charge in [0, 0.05) is 24.3 Å². The molecule has 2 aromatic rings. The first kappa shape index (κ1) is 20.8. The number of anilines is 1. The van der Waals surface area contributed by atoms with Crippen LogP contribution < -0.4 is 10.6 Å². The number of hydrogen-bond acceptors (Lipinski definition) is 2. The monoisotopic (exact) mass is 397 g/mol. The predicted octanol–water partition coefficient (Wildman–Crippen LogP) is 4.78. The second-order valence-corrected chi connectivity index (χ2v) is 7.55. The molecule has 0 spiro atoms. The van der Waals surface area contributed by atoms with Gasteiger partial charge in [0.25, 0.3) is 5.91 Å². The van der Waals surface area contributed by atoms with Crippen molar-refractivity contribution in [1.82, 2.24) is 10.2 Å². The SMILES string of the molecule is CC(NC(=O)N1CCCC(CCF)C1)c1cccc(NC(=O)c2ccccc2)c1. The maximum absolute atomic E-state index is 12.6. The second kappa shape index (κ2) is 10.0. The number of amides is 3. The lowest BCUT2D eigenvalue weighted by Gasteiger charge is -2.33. The maximum atomic E-state index is 12.6. The van der Waals surface area contributed by atoms with Gasteiger partial charge >= 0.3 is 6.03 Å². The van der Waals surface area contributed by atoms with Crippen LogP contribution in [0.25, 0.3) is 0 Å². The topological polar surface area (TPSA) is 61.4 Å². The molecular formula is C23H28FN3O2. The summed E-state index contributed by atoms with van der Waals surface area (Å²) >= 11 is 0. The van der Waals surface area contributed by atoms with Crippen molar-refractivity contribution in [2.24, 2.45) is 5.92 Å². The largest absolute Gasteiger partial charge is 0.331 e. The summed E-state index contributed by atoms with van der Waals surface area (Å²) in [5.74, 6) is 0.0676. The van der Waals surface area contributed by atoms with Crippen LogP contribution in [-0.4, -0.2) is 36.6 Å². The third-order valence-electron chi connectivity index (χ3n) is 5.34. The Kier molecular flexibility index (Phi) is 7.22. The Hall–Kier alpha value is -2.89. The van der Waals surface area contributed by atoms with Crippen molar-refractivity contribution in [1.29, 1.82) is 0 Å². The van der Waals surface area contributed by atoms with Gasteiger partial charge in [-0.3, -0.25) is 9.18 Å². The van der Waals surface area contributed by atoms with Crippen molar-refractivity contribution in [2.45, 2.75) is 32.2 Å². The van der Waals surface area contributed by atoms with Crippen molar-refractivity contribution in [3.05, 3.63) is 65.7 Å². The highest BCUT2D eigenvalue weighted by molar-refractivity contribution is 6.04. The molecule has 3 amide bonds. The summed E-state index contributed by atoms with van der Waals surface area (Å²) < 4.78 is 12.6. The molecule has 1 saturated heterocycles. The minimum absolute atomic E-state index is 0.125. The quantitative estimate of drug-likeness (QED) is 0.737. The van der Waals surface area contributed by atoms with Gasteiger partial charge in [-0.25, -0.2) is 4.79 Å². The molecule has 6 heteroatoms. The fourth-order valence-electron chi connectivity index (χ4n) is 3.68. The molecule has 2 aromatic carbocycles. The lowest BCUT2D eigenvalue weighted by molar-refractivity contribution is 0.102. The van der Waals surface area contributed by atoms with E-state index in [1.807, 2.05) is 49.4 Å². The summed E-state index contributed by atoms with van der Waals surface area (Å²) in [5.41, 5.74) is 2.17. The summed E-state index contributed by atoms with van der Waals surface area (Å²) in [6.07, 6.45) is 2.41. The average Bonchev–Trinajstić information content (AvgIpc) is 2.75. The van der Waals surface area contributed by atoms with E-state index >= 15 is 0 Å². The number of likely N-dealkylation sites (tertiary alicyclic amines) is 1. The van der Waals surface area contributed by atoms with Crippen molar-refractivity contribution < 1.29 is 14.0 Å². The number of halogens is 1. The average molecular weight is 397 g/mol. The number of carbonyl (C=O) groups excluding carboxylic acids is 2. The number of alkyl halides is 1. The number of carbonyl (C=O) groups is 2. The Labute approximate surface area is 171 Å². The fraction of sp³-hybridized carbons (Fsp3) is 0.391. The lowest BCUT2D eigenvalue weighted by atomic mass is 9.95. The number of piperidine rings is 1. The molecule has 3 rings (SSSR count). The molecule has 1 fully saturated rings. The first-order chi connectivity index (χ1) is 14.1. The lowest BCUT2D eigenvalue weighted by Crippen LogP contribution is -2.46. The molecule has 29 heavy (non-hydrogen) atoms. The van der Waals surface area contributed by atoms with E-state index in [9.17, 15) is 14.0 Å². The highest BCUT2D eigenvalue weighted by atomic mass is 19.1. The van der Waals surface area contributed by atoms with Gasteiger partial charge in [0.15, 0.2) is 0 Å². The smallest absolute Gasteiger partial charge is 0.317 e. The van der Waals surface area contributed by atoms with E-state index in [0.717, 1.165) is 18.4 Å². The van der Waals surface area contributed by atoms with Gasteiger partial charge in [0.2, 0.25) is 0 Å². The Morgan fingerprint density at radius 1 is 1.17 bits per heavy atom. The van der Waals surface area contributed by atoms with Gasteiger partial charge in [-0.05, 0) is 61.9 Å². The van der Waals surface area contributed by atoms with E-state index in [4.69, 9.17) is 0 Å². The zero-order valence-electron chi connectivity index (χ0n) is 16.7. The van der Waals surface area contributed by atoms with Gasteiger partial charge in [0.1, 0.15) is 0 Å². The van der Waals surface area contributed by atoms with Crippen LogP contribution in [0.3, 0.4) is 0 Å². The maximum Gasteiger partial charge on any atom is 0.317 e. The number of rotatable bonds is 6. The van der Waals surface area contributed by atoms with E-state index in [1.54, 1.807) is 17.0 Å². The first-order valence-electron chi connectivity index (χ1n) is 10.1. The Morgan fingerprint density at radius 2 is 1.97 bits per heavy atom. The van der Waals surface area contributed by atoms with Crippen LogP contribution in [0, 0.1) is 5.92 Å². The third kappa shape index (κ3) is 5.79. The molecule has 1 heterocycles. The van der Waals surface area contributed by atoms with Crippen LogP contribution >= 0.6 is 0 Å². The summed E-state index contributed by atoms with van der Waals surface area (Å²) in [6.45, 7) is 2.89. The van der Waals surface area contributed by atoms with Gasteiger partial charge in [-0.2, -0.15) is 0 Å². The van der Waals surface area contributed by atoms with Crippen LogP contribution in [-0.2, 0) is 0 Å². The number of nitrogens with one attached hydrogen (secondary N) is 2. The van der Waals surface area contributed by atoms with E-state index in [2.05, 4.69) is 10.6 Å². The van der Waals surface area contributed by atoms with E-state index in [1.165, 1.54) is 0 Å². The van der Waals surface area contributed by atoms with Gasteiger partial charge < -0.3 is 15.5 Å². The highest BCUT2D eigenvalue weighted by Crippen LogP contribution is 2.22. The normalized spacial score (nSPS) is 17.4. The molecule has 2 unspecified atom stereocenters. The van der Waals surface area contributed by atoms with Gasteiger partial charge in [-0.1, -0.05) is 30.3 Å². The molecule has 2 N–H and O–H groups in total. The standard InChI is InChI=1S/C23H28FN3O2/c1-17(25-23(29)27-14-6-7-18(16-27)12-13-24)20-10-5-11-21(15-20)26-22(28)19-8-3-2-4-9-19/h2-5,8-11,15,17-18H,6-7,12-14,16H2,1H3,(H,25,29)(H,26,28). The molecule has 154 valence electrons. The van der Waals surface area contributed by atoms with E-state index < -0.39 is 0 Å². The molecule has 5 nitrogen and oxygen atoms in total. The number of urea groups is 1. The molecular weight excluding hydrogens is 369 g/mol. The van der Waals surface area contributed by atoms with Crippen LogP contribution in [0.15, 0.2) is 54.6 Å². The highest BCUT2D eigenvalue weighted by Gasteiger charge is 2.24. The molecule has 1 aliphatic heterocycles. The summed E-state index contributed by atoms with van der Waals surface area (Å²) in [4.78, 5) is 26.8. The minimum atomic E-state index is -0.335. The van der Waals surface area contributed by atoms with E-state index in [0.29, 0.717) is 30.8 Å².